The molecule has 0 bridgehead atoms. The summed E-state index contributed by atoms with van der Waals surface area (Å²) in [6.45, 7) is 2.98. The van der Waals surface area contributed by atoms with Gasteiger partial charge in [0, 0.05) is 5.02 Å². The van der Waals surface area contributed by atoms with Crippen LogP contribution in [0.1, 0.15) is 19.8 Å². The monoisotopic (exact) mass is 344 g/mol. The lowest BCUT2D eigenvalue weighted by Gasteiger charge is -2.33. The maximum atomic E-state index is 12.3. The number of nitrogens with zero attached hydrogens (tertiary/aromatic N) is 1. The Labute approximate surface area is 139 Å². The van der Waals surface area contributed by atoms with E-state index in [4.69, 9.17) is 28.3 Å². The van der Waals surface area contributed by atoms with E-state index in [2.05, 4.69) is 5.32 Å². The van der Waals surface area contributed by atoms with Crippen LogP contribution in [0.4, 0.5) is 5.69 Å². The summed E-state index contributed by atoms with van der Waals surface area (Å²) in [6.07, 6.45) is 1.12. The number of amides is 1. The van der Waals surface area contributed by atoms with Gasteiger partial charge in [0.1, 0.15) is 0 Å². The zero-order valence-corrected chi connectivity index (χ0v) is 13.7. The van der Waals surface area contributed by atoms with Crippen molar-refractivity contribution in [3.05, 3.63) is 28.2 Å². The van der Waals surface area contributed by atoms with Gasteiger partial charge in [0.2, 0.25) is 5.91 Å². The first-order chi connectivity index (χ1) is 10.4. The van der Waals surface area contributed by atoms with Gasteiger partial charge in [-0.15, -0.1) is 0 Å². The lowest BCUT2D eigenvalue weighted by Crippen LogP contribution is -2.47. The smallest absolute Gasteiger partial charge is 0.306 e. The summed E-state index contributed by atoms with van der Waals surface area (Å²) < 4.78 is 0. The summed E-state index contributed by atoms with van der Waals surface area (Å²) in [5.74, 6) is -1.26. The summed E-state index contributed by atoms with van der Waals surface area (Å²) in [5, 5.41) is 12.7. The Morgan fingerprint density at radius 1 is 1.32 bits per heavy atom. The van der Waals surface area contributed by atoms with Crippen molar-refractivity contribution in [3.8, 4) is 0 Å². The van der Waals surface area contributed by atoms with Crippen molar-refractivity contribution in [2.75, 3.05) is 18.4 Å². The highest BCUT2D eigenvalue weighted by molar-refractivity contribution is 6.35. The minimum absolute atomic E-state index is 0.182. The number of hydrogen-bond acceptors (Lipinski definition) is 3. The van der Waals surface area contributed by atoms with Gasteiger partial charge < -0.3 is 10.4 Å². The maximum absolute atomic E-state index is 12.3. The van der Waals surface area contributed by atoms with E-state index in [1.54, 1.807) is 25.1 Å². The number of hydrogen-bond donors (Lipinski definition) is 2. The third-order valence-electron chi connectivity index (χ3n) is 3.99. The normalized spacial score (nSPS) is 18.0. The maximum Gasteiger partial charge on any atom is 0.306 e. The third kappa shape index (κ3) is 4.12. The average Bonchev–Trinajstić information content (AvgIpc) is 2.50. The number of halogens is 2. The number of carboxylic acids is 1. The van der Waals surface area contributed by atoms with Crippen LogP contribution in [0.3, 0.4) is 0 Å². The van der Waals surface area contributed by atoms with Crippen molar-refractivity contribution >= 4 is 40.8 Å². The van der Waals surface area contributed by atoms with Crippen molar-refractivity contribution in [1.82, 2.24) is 4.90 Å². The number of carbonyl (C=O) groups excluding carboxylic acids is 1. The number of piperidine rings is 1. The molecule has 1 saturated heterocycles. The van der Waals surface area contributed by atoms with E-state index in [1.165, 1.54) is 0 Å². The average molecular weight is 345 g/mol. The van der Waals surface area contributed by atoms with Crippen LogP contribution in [0.2, 0.25) is 10.0 Å². The molecule has 1 heterocycles. The van der Waals surface area contributed by atoms with Gasteiger partial charge >= 0.3 is 5.97 Å². The van der Waals surface area contributed by atoms with Crippen molar-refractivity contribution in [1.29, 1.82) is 0 Å². The molecule has 0 saturated carbocycles. The molecule has 5 nitrogen and oxygen atoms in total. The minimum Gasteiger partial charge on any atom is -0.481 e. The molecule has 1 atom stereocenters. The molecule has 22 heavy (non-hydrogen) atoms. The van der Waals surface area contributed by atoms with E-state index in [-0.39, 0.29) is 17.9 Å². The molecule has 2 rings (SSSR count). The topological polar surface area (TPSA) is 69.6 Å². The summed E-state index contributed by atoms with van der Waals surface area (Å²) in [6, 6.07) is 4.53. The largest absolute Gasteiger partial charge is 0.481 e. The van der Waals surface area contributed by atoms with E-state index in [0.29, 0.717) is 41.7 Å². The standard InChI is InChI=1S/C15H18Cl2N2O3/c1-9(19-6-4-10(5-7-19)15(21)22)14(20)18-13-8-11(16)2-3-12(13)17/h2-3,8-10H,4-7H2,1H3,(H,18,20)(H,21,22). The van der Waals surface area contributed by atoms with Crippen LogP contribution in [0.5, 0.6) is 0 Å². The zero-order valence-electron chi connectivity index (χ0n) is 12.2. The second kappa shape index (κ2) is 7.31. The summed E-state index contributed by atoms with van der Waals surface area (Å²) >= 11 is 11.9. The molecule has 1 aliphatic heterocycles. The molecule has 0 aliphatic carbocycles. The van der Waals surface area contributed by atoms with E-state index in [9.17, 15) is 9.59 Å². The molecule has 0 aromatic heterocycles. The van der Waals surface area contributed by atoms with Crippen molar-refractivity contribution < 1.29 is 14.7 Å². The number of anilines is 1. The number of aliphatic carboxylic acids is 1. The van der Waals surface area contributed by atoms with Crippen LogP contribution >= 0.6 is 23.2 Å². The van der Waals surface area contributed by atoms with Gasteiger partial charge in [0.05, 0.1) is 22.7 Å². The molecular formula is C15H18Cl2N2O3. The molecule has 1 aromatic rings. The van der Waals surface area contributed by atoms with E-state index < -0.39 is 5.97 Å². The van der Waals surface area contributed by atoms with Crippen LogP contribution in [-0.2, 0) is 9.59 Å². The number of benzene rings is 1. The summed E-state index contributed by atoms with van der Waals surface area (Å²) in [4.78, 5) is 25.2. The van der Waals surface area contributed by atoms with Crippen LogP contribution in [0.15, 0.2) is 18.2 Å². The number of likely N-dealkylation sites (tertiary alicyclic amines) is 1. The summed E-state index contributed by atoms with van der Waals surface area (Å²) in [5.41, 5.74) is 0.478. The lowest BCUT2D eigenvalue weighted by molar-refractivity contribution is -0.143. The van der Waals surface area contributed by atoms with Gasteiger partial charge in [-0.05, 0) is 51.1 Å². The van der Waals surface area contributed by atoms with E-state index in [1.807, 2.05) is 4.90 Å². The van der Waals surface area contributed by atoms with Crippen LogP contribution in [-0.4, -0.2) is 41.0 Å². The molecule has 1 unspecified atom stereocenters. The lowest BCUT2D eigenvalue weighted by atomic mass is 9.96. The first kappa shape index (κ1) is 17.1. The van der Waals surface area contributed by atoms with Crippen molar-refractivity contribution in [2.45, 2.75) is 25.8 Å². The Bertz CT molecular complexity index is 572. The fourth-order valence-corrected chi connectivity index (χ4v) is 2.87. The number of nitrogens with one attached hydrogen (secondary N) is 1. The molecule has 0 spiro atoms. The highest BCUT2D eigenvalue weighted by atomic mass is 35.5. The molecule has 2 N–H and O–H groups in total. The molecular weight excluding hydrogens is 327 g/mol. The van der Waals surface area contributed by atoms with Crippen molar-refractivity contribution in [2.24, 2.45) is 5.92 Å². The van der Waals surface area contributed by atoms with Gasteiger partial charge in [0.25, 0.3) is 0 Å². The fourth-order valence-electron chi connectivity index (χ4n) is 2.53. The van der Waals surface area contributed by atoms with Crippen LogP contribution in [0.25, 0.3) is 0 Å². The molecule has 7 heteroatoms. The molecule has 1 fully saturated rings. The highest BCUT2D eigenvalue weighted by Crippen LogP contribution is 2.26. The second-order valence-corrected chi connectivity index (χ2v) is 6.28. The van der Waals surface area contributed by atoms with Gasteiger partial charge in [-0.1, -0.05) is 23.2 Å². The first-order valence-corrected chi connectivity index (χ1v) is 7.87. The predicted molar refractivity (Wildman–Crippen MR) is 86.5 cm³/mol. The summed E-state index contributed by atoms with van der Waals surface area (Å²) in [7, 11) is 0. The van der Waals surface area contributed by atoms with Crippen LogP contribution in [0, 0.1) is 5.92 Å². The SMILES string of the molecule is CC(C(=O)Nc1cc(Cl)ccc1Cl)N1CCC(C(=O)O)CC1. The quantitative estimate of drug-likeness (QED) is 0.880. The Kier molecular flexibility index (Phi) is 5.67. The molecule has 0 radical (unpaired) electrons. The molecule has 1 aromatic carbocycles. The Balaban J connectivity index is 1.95. The van der Waals surface area contributed by atoms with E-state index in [0.717, 1.165) is 0 Å². The number of rotatable bonds is 4. The Morgan fingerprint density at radius 3 is 2.55 bits per heavy atom. The third-order valence-corrected chi connectivity index (χ3v) is 4.56. The van der Waals surface area contributed by atoms with Gasteiger partial charge in [-0.2, -0.15) is 0 Å². The molecule has 1 aliphatic rings. The fraction of sp³-hybridized carbons (Fsp3) is 0.467. The highest BCUT2D eigenvalue weighted by Gasteiger charge is 2.29. The molecule has 120 valence electrons. The number of carbonyl (C=O) groups is 2. The zero-order chi connectivity index (χ0) is 16.3. The first-order valence-electron chi connectivity index (χ1n) is 7.11. The van der Waals surface area contributed by atoms with Crippen LogP contribution < -0.4 is 5.32 Å². The minimum atomic E-state index is -0.762. The Hall–Kier alpha value is -1.30. The number of carboxylic acid groups (broad SMARTS) is 1. The Morgan fingerprint density at radius 2 is 1.95 bits per heavy atom. The van der Waals surface area contributed by atoms with Gasteiger partial charge in [-0.25, -0.2) is 0 Å². The molecule has 1 amide bonds. The second-order valence-electron chi connectivity index (χ2n) is 5.44. The predicted octanol–water partition coefficient (Wildman–Crippen LogP) is 3.12. The van der Waals surface area contributed by atoms with E-state index >= 15 is 0 Å². The van der Waals surface area contributed by atoms with Crippen molar-refractivity contribution in [3.63, 3.8) is 0 Å². The van der Waals surface area contributed by atoms with Gasteiger partial charge in [0.15, 0.2) is 0 Å². The van der Waals surface area contributed by atoms with Gasteiger partial charge in [-0.3, -0.25) is 14.5 Å².